The topological polar surface area (TPSA) is 106 Å². The van der Waals surface area contributed by atoms with Gasteiger partial charge in [-0.15, -0.1) is 11.3 Å². The summed E-state index contributed by atoms with van der Waals surface area (Å²) in [6.07, 6.45) is 7.76. The molecule has 0 aliphatic rings. The summed E-state index contributed by atoms with van der Waals surface area (Å²) in [5.74, 6) is 0. The lowest BCUT2D eigenvalue weighted by atomic mass is 10.2. The zero-order valence-corrected chi connectivity index (χ0v) is 22.5. The van der Waals surface area contributed by atoms with Crippen molar-refractivity contribution in [3.8, 4) is 0 Å². The van der Waals surface area contributed by atoms with Crippen LogP contribution in [0.15, 0.2) is 138 Å². The Kier molecular flexibility index (Phi) is 7.87. The van der Waals surface area contributed by atoms with Gasteiger partial charge in [-0.2, -0.15) is 0 Å². The van der Waals surface area contributed by atoms with Crippen molar-refractivity contribution < 1.29 is 4.42 Å². The Morgan fingerprint density at radius 1 is 0.585 bits per heavy atom. The van der Waals surface area contributed by atoms with Gasteiger partial charge in [0.05, 0.1) is 21.9 Å². The summed E-state index contributed by atoms with van der Waals surface area (Å²) in [5.41, 5.74) is 8.51. The highest BCUT2D eigenvalue weighted by molar-refractivity contribution is 7.16. The summed E-state index contributed by atoms with van der Waals surface area (Å²) in [4.78, 5) is 27.1. The first kappa shape index (κ1) is 25.7. The van der Waals surface area contributed by atoms with E-state index in [0.717, 1.165) is 22.1 Å². The molecule has 4 aromatic carbocycles. The second-order valence-electron chi connectivity index (χ2n) is 8.64. The molecule has 5 aromatic heterocycles. The van der Waals surface area contributed by atoms with Gasteiger partial charge in [0.2, 0.25) is 0 Å². The van der Waals surface area contributed by atoms with Crippen LogP contribution in [-0.4, -0.2) is 34.9 Å². The first-order chi connectivity index (χ1) is 20.3. The molecule has 0 amide bonds. The van der Waals surface area contributed by atoms with Gasteiger partial charge in [-0.3, -0.25) is 0 Å². The number of nitrogens with one attached hydrogen (secondary N) is 1. The van der Waals surface area contributed by atoms with Crippen LogP contribution < -0.4 is 0 Å². The number of nitrogens with zero attached hydrogens (tertiary/aromatic N) is 6. The molecule has 5 heterocycles. The van der Waals surface area contributed by atoms with Gasteiger partial charge in [0.25, 0.3) is 0 Å². The van der Waals surface area contributed by atoms with Crippen LogP contribution in [0.5, 0.6) is 0 Å². The van der Waals surface area contributed by atoms with Crippen molar-refractivity contribution in [3.63, 3.8) is 0 Å². The van der Waals surface area contributed by atoms with E-state index in [1.807, 2.05) is 48.0 Å². The van der Waals surface area contributed by atoms with E-state index in [1.165, 1.54) is 39.2 Å². The van der Waals surface area contributed by atoms with E-state index in [0.29, 0.717) is 5.65 Å². The van der Waals surface area contributed by atoms with Crippen molar-refractivity contribution in [3.05, 3.63) is 134 Å². The Balaban J connectivity index is 0.0000000996. The highest BCUT2D eigenvalue weighted by Gasteiger charge is 2.00. The summed E-state index contributed by atoms with van der Waals surface area (Å²) >= 11 is 1.68. The summed E-state index contributed by atoms with van der Waals surface area (Å²) < 4.78 is 6.27. The van der Waals surface area contributed by atoms with Crippen molar-refractivity contribution in [2.75, 3.05) is 0 Å². The number of oxazole rings is 1. The molecule has 0 aliphatic heterocycles. The van der Waals surface area contributed by atoms with Crippen molar-refractivity contribution in [2.24, 2.45) is 0 Å². The number of hydrogen-bond donors (Lipinski definition) is 1. The SMILES string of the molecule is c1ccc2c(c1)[nH]c1ccccc12.c1ccc2ocnc2c1.c1ccc2scnc2c1.c1cnc2ncncc2n1. The summed E-state index contributed by atoms with van der Waals surface area (Å²) in [6.45, 7) is 0. The van der Waals surface area contributed by atoms with E-state index in [-0.39, 0.29) is 0 Å². The van der Waals surface area contributed by atoms with Crippen molar-refractivity contribution >= 4 is 65.6 Å². The average molecular weight is 554 g/mol. The van der Waals surface area contributed by atoms with Crippen LogP contribution in [0, 0.1) is 0 Å². The van der Waals surface area contributed by atoms with Crippen molar-refractivity contribution in [1.29, 1.82) is 0 Å². The Labute approximate surface area is 238 Å². The molecule has 0 aliphatic carbocycles. The van der Waals surface area contributed by atoms with E-state index in [2.05, 4.69) is 89.5 Å². The maximum absolute atomic E-state index is 5.01. The molecule has 0 saturated heterocycles. The maximum Gasteiger partial charge on any atom is 0.181 e. The summed E-state index contributed by atoms with van der Waals surface area (Å²) in [5, 5.41) is 2.61. The zero-order valence-electron chi connectivity index (χ0n) is 21.7. The molecule has 0 fully saturated rings. The lowest BCUT2D eigenvalue weighted by Crippen LogP contribution is -1.85. The number of aromatic nitrogens is 7. The van der Waals surface area contributed by atoms with Gasteiger partial charge in [0.1, 0.15) is 17.4 Å². The number of hydrogen-bond acceptors (Lipinski definition) is 8. The minimum Gasteiger partial charge on any atom is -0.443 e. The number of thiazole rings is 1. The van der Waals surface area contributed by atoms with Crippen molar-refractivity contribution in [1.82, 2.24) is 34.9 Å². The highest BCUT2D eigenvalue weighted by atomic mass is 32.1. The smallest absolute Gasteiger partial charge is 0.181 e. The minimum absolute atomic E-state index is 0.637. The third-order valence-corrected chi connectivity index (χ3v) is 6.85. The van der Waals surface area contributed by atoms with Gasteiger partial charge in [0, 0.05) is 34.2 Å². The minimum atomic E-state index is 0.637. The molecule has 198 valence electrons. The largest absolute Gasteiger partial charge is 0.443 e. The molecule has 9 aromatic rings. The summed E-state index contributed by atoms with van der Waals surface area (Å²) in [7, 11) is 0. The highest BCUT2D eigenvalue weighted by Crippen LogP contribution is 2.24. The predicted molar refractivity (Wildman–Crippen MR) is 165 cm³/mol. The number of H-pyrrole nitrogens is 1. The van der Waals surface area contributed by atoms with E-state index in [1.54, 1.807) is 29.9 Å². The molecule has 0 saturated carbocycles. The molecular weight excluding hydrogens is 530 g/mol. The Morgan fingerprint density at radius 2 is 1.27 bits per heavy atom. The number of benzene rings is 4. The van der Waals surface area contributed by atoms with Gasteiger partial charge < -0.3 is 9.40 Å². The fourth-order valence-corrected chi connectivity index (χ4v) is 4.81. The Bertz CT molecular complexity index is 1910. The van der Waals surface area contributed by atoms with E-state index >= 15 is 0 Å². The Hall–Kier alpha value is -5.54. The molecule has 8 nitrogen and oxygen atoms in total. The number of para-hydroxylation sites is 5. The van der Waals surface area contributed by atoms with E-state index < -0.39 is 0 Å². The van der Waals surface area contributed by atoms with Crippen LogP contribution >= 0.6 is 11.3 Å². The maximum atomic E-state index is 5.01. The number of rotatable bonds is 0. The second-order valence-corrected chi connectivity index (χ2v) is 9.53. The Morgan fingerprint density at radius 3 is 2.02 bits per heavy atom. The number of aromatic amines is 1. The lowest BCUT2D eigenvalue weighted by Gasteiger charge is -1.89. The lowest BCUT2D eigenvalue weighted by molar-refractivity contribution is 0.602. The predicted octanol–water partition coefficient (Wildman–Crippen LogP) is 7.87. The number of fused-ring (bicyclic) bond motifs is 6. The fraction of sp³-hybridized carbons (Fsp3) is 0. The second kappa shape index (κ2) is 12.5. The third-order valence-electron chi connectivity index (χ3n) is 6.04. The van der Waals surface area contributed by atoms with Gasteiger partial charge in [-0.25, -0.2) is 29.9 Å². The normalized spacial score (nSPS) is 10.4. The molecule has 1 N–H and O–H groups in total. The third kappa shape index (κ3) is 6.21. The molecule has 9 rings (SSSR count). The van der Waals surface area contributed by atoms with Crippen LogP contribution in [0.4, 0.5) is 0 Å². The standard InChI is InChI=1S/C12H9N.C7H5NO.C7H5NS.C6H4N4/c1-3-7-11-9(5-1)10-6-2-4-8-12(10)13-11;2*1-2-4-7-6(3-1)8-5-9-7;1-2-9-6-5(8-1)3-7-4-10-6/h1-8,13H;2*1-5H;1-4H. The van der Waals surface area contributed by atoms with Gasteiger partial charge in [-0.05, 0) is 36.4 Å². The van der Waals surface area contributed by atoms with Crippen LogP contribution in [0.2, 0.25) is 0 Å². The van der Waals surface area contributed by atoms with E-state index in [4.69, 9.17) is 4.42 Å². The first-order valence-corrected chi connectivity index (χ1v) is 13.6. The first-order valence-electron chi connectivity index (χ1n) is 12.7. The zero-order chi connectivity index (χ0) is 27.7. The molecule has 41 heavy (non-hydrogen) atoms. The van der Waals surface area contributed by atoms with E-state index in [9.17, 15) is 0 Å². The van der Waals surface area contributed by atoms with Crippen LogP contribution in [0.3, 0.4) is 0 Å². The molecule has 9 heteroatoms. The fourth-order valence-electron chi connectivity index (χ4n) is 4.13. The molecule has 0 spiro atoms. The summed E-state index contributed by atoms with van der Waals surface area (Å²) in [6, 6.07) is 32.6. The monoisotopic (exact) mass is 553 g/mol. The van der Waals surface area contributed by atoms with Crippen molar-refractivity contribution in [2.45, 2.75) is 0 Å². The molecule has 0 unspecified atom stereocenters. The van der Waals surface area contributed by atoms with Crippen LogP contribution in [0.25, 0.3) is 54.3 Å². The van der Waals surface area contributed by atoms with Crippen LogP contribution in [0.1, 0.15) is 0 Å². The molecule has 0 atom stereocenters. The molecule has 0 radical (unpaired) electrons. The van der Waals surface area contributed by atoms with Gasteiger partial charge >= 0.3 is 0 Å². The molecule has 0 bridgehead atoms. The quantitative estimate of drug-likeness (QED) is 0.204. The van der Waals surface area contributed by atoms with Gasteiger partial charge in [-0.1, -0.05) is 60.7 Å². The van der Waals surface area contributed by atoms with Gasteiger partial charge in [0.15, 0.2) is 17.6 Å². The molecular formula is C32H23N7OS. The van der Waals surface area contributed by atoms with Crippen LogP contribution in [-0.2, 0) is 0 Å². The average Bonchev–Trinajstić information content (AvgIpc) is 3.80.